The molecule has 0 heterocycles. The van der Waals surface area contributed by atoms with E-state index in [1.54, 1.807) is 18.2 Å². The van der Waals surface area contributed by atoms with E-state index in [2.05, 4.69) is 11.8 Å². The number of hydrogen-bond donors (Lipinski definition) is 4. The maximum Gasteiger partial charge on any atom is 0.303 e. The topological polar surface area (TPSA) is 98.0 Å². The summed E-state index contributed by atoms with van der Waals surface area (Å²) in [5, 5.41) is 39.4. The summed E-state index contributed by atoms with van der Waals surface area (Å²) in [5.74, 6) is 3.96. The maximum atomic E-state index is 13.6. The van der Waals surface area contributed by atoms with Gasteiger partial charge in [0, 0.05) is 6.42 Å². The smallest absolute Gasteiger partial charge is 0.303 e. The normalized spacial score (nSPS) is 24.7. The van der Waals surface area contributed by atoms with Gasteiger partial charge in [-0.1, -0.05) is 43.2 Å². The Balaban J connectivity index is 1.79. The molecule has 1 aliphatic carbocycles. The fourth-order valence-corrected chi connectivity index (χ4v) is 4.14. The van der Waals surface area contributed by atoms with Crippen LogP contribution in [0.25, 0.3) is 0 Å². The molecule has 0 radical (unpaired) electrons. The summed E-state index contributed by atoms with van der Waals surface area (Å²) >= 11 is 0. The lowest BCUT2D eigenvalue weighted by atomic mass is 9.85. The van der Waals surface area contributed by atoms with Crippen molar-refractivity contribution in [3.63, 3.8) is 0 Å². The van der Waals surface area contributed by atoms with Crippen LogP contribution in [0.15, 0.2) is 24.3 Å². The highest BCUT2D eigenvalue weighted by Crippen LogP contribution is 2.39. The number of halogens is 1. The molecule has 0 bridgehead atoms. The number of unbranched alkanes of at least 4 members (excludes halogenated alkanes) is 3. The Bertz CT molecular complexity index is 711. The third kappa shape index (κ3) is 7.77. The van der Waals surface area contributed by atoms with Crippen LogP contribution < -0.4 is 0 Å². The molecule has 5 atom stereocenters. The summed E-state index contributed by atoms with van der Waals surface area (Å²) in [6.45, 7) is 0. The van der Waals surface area contributed by atoms with Crippen molar-refractivity contribution in [2.45, 2.75) is 76.1 Å². The lowest BCUT2D eigenvalue weighted by Gasteiger charge is -2.24. The molecule has 29 heavy (non-hydrogen) atoms. The monoisotopic (exact) mass is 406 g/mol. The van der Waals surface area contributed by atoms with Gasteiger partial charge in [0.05, 0.1) is 17.8 Å². The molecule has 5 nitrogen and oxygen atoms in total. The second-order valence-corrected chi connectivity index (χ2v) is 7.89. The van der Waals surface area contributed by atoms with Crippen molar-refractivity contribution in [1.29, 1.82) is 0 Å². The molecule has 0 spiro atoms. The molecule has 6 heteroatoms. The first-order valence-electron chi connectivity index (χ1n) is 10.4. The Labute approximate surface area is 171 Å². The third-order valence-corrected chi connectivity index (χ3v) is 5.72. The van der Waals surface area contributed by atoms with E-state index in [1.165, 1.54) is 6.07 Å². The molecule has 1 unspecified atom stereocenters. The van der Waals surface area contributed by atoms with Gasteiger partial charge in [0.1, 0.15) is 11.9 Å². The molecular weight excluding hydrogens is 375 g/mol. The number of aliphatic hydroxyl groups is 3. The number of hydrogen-bond acceptors (Lipinski definition) is 4. The summed E-state index contributed by atoms with van der Waals surface area (Å²) < 4.78 is 13.6. The van der Waals surface area contributed by atoms with Crippen LogP contribution in [0.1, 0.15) is 63.4 Å². The van der Waals surface area contributed by atoms with Gasteiger partial charge in [-0.3, -0.25) is 4.79 Å². The van der Waals surface area contributed by atoms with E-state index in [1.807, 2.05) is 0 Å². The van der Waals surface area contributed by atoms with Crippen molar-refractivity contribution in [3.05, 3.63) is 35.6 Å². The molecule has 0 aliphatic heterocycles. The lowest BCUT2D eigenvalue weighted by molar-refractivity contribution is -0.137. The zero-order chi connectivity index (χ0) is 21.2. The van der Waals surface area contributed by atoms with Crippen LogP contribution in [0.4, 0.5) is 4.39 Å². The fourth-order valence-electron chi connectivity index (χ4n) is 4.14. The number of carbonyl (C=O) groups is 1. The molecule has 0 aromatic heterocycles. The number of rotatable bonds is 10. The highest BCUT2D eigenvalue weighted by atomic mass is 19.1. The van der Waals surface area contributed by atoms with E-state index in [-0.39, 0.29) is 23.8 Å². The molecule has 4 N–H and O–H groups in total. The van der Waals surface area contributed by atoms with Crippen LogP contribution in [-0.2, 0) is 4.79 Å². The Hall–Kier alpha value is -1.94. The lowest BCUT2D eigenvalue weighted by Crippen LogP contribution is -2.23. The zero-order valence-corrected chi connectivity index (χ0v) is 16.6. The summed E-state index contributed by atoms with van der Waals surface area (Å²) in [6, 6.07) is 6.13. The minimum atomic E-state index is -0.920. The maximum absolute atomic E-state index is 13.6. The van der Waals surface area contributed by atoms with Gasteiger partial charge in [-0.2, -0.15) is 0 Å². The summed E-state index contributed by atoms with van der Waals surface area (Å²) in [5.41, 5.74) is 0.239. The average Bonchev–Trinajstić information content (AvgIpc) is 2.94. The van der Waals surface area contributed by atoms with E-state index >= 15 is 0 Å². The van der Waals surface area contributed by atoms with E-state index in [4.69, 9.17) is 5.11 Å². The number of benzene rings is 1. The van der Waals surface area contributed by atoms with Gasteiger partial charge in [0.15, 0.2) is 0 Å². The summed E-state index contributed by atoms with van der Waals surface area (Å²) in [7, 11) is 0. The first kappa shape index (κ1) is 23.3. The number of aliphatic carboxylic acids is 1. The van der Waals surface area contributed by atoms with Gasteiger partial charge in [0.25, 0.3) is 0 Å². The zero-order valence-electron chi connectivity index (χ0n) is 16.6. The second kappa shape index (κ2) is 11.9. The van der Waals surface area contributed by atoms with Crippen molar-refractivity contribution in [2.24, 2.45) is 11.8 Å². The Morgan fingerprint density at radius 2 is 1.72 bits per heavy atom. The Kier molecular flexibility index (Phi) is 9.59. The van der Waals surface area contributed by atoms with E-state index < -0.39 is 30.1 Å². The minimum Gasteiger partial charge on any atom is -0.481 e. The van der Waals surface area contributed by atoms with Crippen LogP contribution >= 0.6 is 0 Å². The van der Waals surface area contributed by atoms with Gasteiger partial charge >= 0.3 is 5.97 Å². The van der Waals surface area contributed by atoms with Gasteiger partial charge in [-0.25, -0.2) is 4.39 Å². The number of carboxylic acid groups (broad SMARTS) is 1. The molecule has 0 amide bonds. The summed E-state index contributed by atoms with van der Waals surface area (Å²) in [6.07, 6.45) is 3.36. The molecule has 160 valence electrons. The first-order chi connectivity index (χ1) is 13.9. The van der Waals surface area contributed by atoms with Crippen LogP contribution in [-0.4, -0.2) is 44.7 Å². The first-order valence-corrected chi connectivity index (χ1v) is 10.4. The summed E-state index contributed by atoms with van der Waals surface area (Å²) in [4.78, 5) is 10.5. The standard InChI is InChI=1S/C23H31FO5/c24-20-9-6-5-7-16(20)11-12-17(25)13-14-19-18(21(26)15-22(19)27)8-3-1-2-4-10-23(28)29/h5-7,9,17-19,21-22,25-27H,1-4,8,10,13-15H2,(H,28,29)/t17-,18+,19?,21-,22+/m0/s1. The predicted octanol–water partition coefficient (Wildman–Crippen LogP) is 3.10. The van der Waals surface area contributed by atoms with Crippen LogP contribution in [0, 0.1) is 29.5 Å². The quantitative estimate of drug-likeness (QED) is 0.354. The van der Waals surface area contributed by atoms with Crippen LogP contribution in [0.3, 0.4) is 0 Å². The van der Waals surface area contributed by atoms with Crippen molar-refractivity contribution in [1.82, 2.24) is 0 Å². The molecular formula is C23H31FO5. The van der Waals surface area contributed by atoms with Gasteiger partial charge in [0.2, 0.25) is 0 Å². The average molecular weight is 406 g/mol. The van der Waals surface area contributed by atoms with Gasteiger partial charge < -0.3 is 20.4 Å². The van der Waals surface area contributed by atoms with Crippen molar-refractivity contribution < 1.29 is 29.6 Å². The highest BCUT2D eigenvalue weighted by molar-refractivity contribution is 5.66. The van der Waals surface area contributed by atoms with Crippen molar-refractivity contribution in [3.8, 4) is 11.8 Å². The SMILES string of the molecule is O=C(O)CCCCCC[C@@H]1C(CC[C@@H](O)C#Cc2ccccc2F)[C@H](O)C[C@@H]1O. The highest BCUT2D eigenvalue weighted by Gasteiger charge is 2.40. The van der Waals surface area contributed by atoms with Crippen molar-refractivity contribution in [2.75, 3.05) is 0 Å². The predicted molar refractivity (Wildman–Crippen MR) is 107 cm³/mol. The number of carboxylic acids is 1. The second-order valence-electron chi connectivity index (χ2n) is 7.89. The molecule has 1 fully saturated rings. The van der Waals surface area contributed by atoms with Crippen LogP contribution in [0.5, 0.6) is 0 Å². The van der Waals surface area contributed by atoms with Gasteiger partial charge in [-0.15, -0.1) is 0 Å². The number of aliphatic hydroxyl groups excluding tert-OH is 3. The molecule has 1 aromatic carbocycles. The van der Waals surface area contributed by atoms with Gasteiger partial charge in [-0.05, 0) is 56.1 Å². The molecule has 0 saturated heterocycles. The molecule has 1 aromatic rings. The van der Waals surface area contributed by atoms with E-state index in [0.29, 0.717) is 25.7 Å². The molecule has 2 rings (SSSR count). The Morgan fingerprint density at radius 3 is 2.41 bits per heavy atom. The van der Waals surface area contributed by atoms with Crippen molar-refractivity contribution >= 4 is 5.97 Å². The largest absolute Gasteiger partial charge is 0.481 e. The van der Waals surface area contributed by atoms with E-state index in [9.17, 15) is 24.5 Å². The van der Waals surface area contributed by atoms with Crippen LogP contribution in [0.2, 0.25) is 0 Å². The molecule has 1 saturated carbocycles. The Morgan fingerprint density at radius 1 is 1.07 bits per heavy atom. The fraction of sp³-hybridized carbons (Fsp3) is 0.609. The van der Waals surface area contributed by atoms with E-state index in [0.717, 1.165) is 25.7 Å². The third-order valence-electron chi connectivity index (χ3n) is 5.72. The molecule has 1 aliphatic rings. The minimum absolute atomic E-state index is 0.0313.